The fourth-order valence-corrected chi connectivity index (χ4v) is 3.32. The van der Waals surface area contributed by atoms with E-state index in [4.69, 9.17) is 9.73 Å². The average molecular weight is 344 g/mol. The first-order valence-corrected chi connectivity index (χ1v) is 8.42. The molecule has 1 aromatic heterocycles. The number of nitrogens with zero attached hydrogens (tertiary/aromatic N) is 2. The highest BCUT2D eigenvalue weighted by atomic mass is 19.3. The second kappa shape index (κ2) is 6.54. The van der Waals surface area contributed by atoms with Gasteiger partial charge in [0.05, 0.1) is 5.71 Å². The SMILES string of the molecule is Cc1cc(C2=NC(C)(CC(C)C)Oc3ccccc32)cnc1C(F)F. The third kappa shape index (κ3) is 3.55. The molecule has 2 heterocycles. The van der Waals surface area contributed by atoms with Crippen LogP contribution in [0.5, 0.6) is 5.75 Å². The molecule has 132 valence electrons. The van der Waals surface area contributed by atoms with Gasteiger partial charge in [0.2, 0.25) is 0 Å². The zero-order valence-corrected chi connectivity index (χ0v) is 14.9. The summed E-state index contributed by atoms with van der Waals surface area (Å²) in [6.07, 6.45) is -0.346. The van der Waals surface area contributed by atoms with Gasteiger partial charge < -0.3 is 4.74 Å². The van der Waals surface area contributed by atoms with E-state index in [-0.39, 0.29) is 5.69 Å². The van der Waals surface area contributed by atoms with Crippen LogP contribution in [-0.4, -0.2) is 16.4 Å². The van der Waals surface area contributed by atoms with Gasteiger partial charge in [0, 0.05) is 23.7 Å². The molecule has 1 aliphatic rings. The highest BCUT2D eigenvalue weighted by molar-refractivity contribution is 6.15. The van der Waals surface area contributed by atoms with Crippen LogP contribution in [0, 0.1) is 12.8 Å². The van der Waals surface area contributed by atoms with Crippen molar-refractivity contribution in [1.29, 1.82) is 0 Å². The lowest BCUT2D eigenvalue weighted by atomic mass is 9.95. The minimum atomic E-state index is -2.58. The molecular formula is C20H22F2N2O. The number of alkyl halides is 2. The Morgan fingerprint density at radius 3 is 2.56 bits per heavy atom. The first-order chi connectivity index (χ1) is 11.8. The highest BCUT2D eigenvalue weighted by Crippen LogP contribution is 2.36. The van der Waals surface area contributed by atoms with E-state index >= 15 is 0 Å². The average Bonchev–Trinajstić information content (AvgIpc) is 2.52. The molecule has 0 amide bonds. The Hall–Kier alpha value is -2.30. The number of fused-ring (bicyclic) bond motifs is 1. The third-order valence-corrected chi connectivity index (χ3v) is 4.21. The Balaban J connectivity index is 2.12. The summed E-state index contributed by atoms with van der Waals surface area (Å²) in [5, 5.41) is 0. The van der Waals surface area contributed by atoms with E-state index in [1.165, 1.54) is 6.20 Å². The van der Waals surface area contributed by atoms with Crippen molar-refractivity contribution in [2.24, 2.45) is 10.9 Å². The number of aliphatic imine (C=N–C) groups is 1. The van der Waals surface area contributed by atoms with Gasteiger partial charge in [-0.1, -0.05) is 26.0 Å². The Morgan fingerprint density at radius 2 is 1.92 bits per heavy atom. The van der Waals surface area contributed by atoms with E-state index in [0.717, 1.165) is 29.0 Å². The van der Waals surface area contributed by atoms with Gasteiger partial charge in [-0.15, -0.1) is 0 Å². The molecule has 0 saturated heterocycles. The van der Waals surface area contributed by atoms with E-state index in [0.29, 0.717) is 11.5 Å². The predicted octanol–water partition coefficient (Wildman–Crippen LogP) is 5.32. The Kier molecular flexibility index (Phi) is 4.58. The molecule has 1 aromatic carbocycles. The fraction of sp³-hybridized carbons (Fsp3) is 0.400. The van der Waals surface area contributed by atoms with Crippen LogP contribution in [0.4, 0.5) is 8.78 Å². The van der Waals surface area contributed by atoms with Crippen molar-refractivity contribution in [2.45, 2.75) is 46.3 Å². The summed E-state index contributed by atoms with van der Waals surface area (Å²) >= 11 is 0. The van der Waals surface area contributed by atoms with Crippen molar-refractivity contribution >= 4 is 5.71 Å². The van der Waals surface area contributed by atoms with Crippen LogP contribution < -0.4 is 4.74 Å². The second-order valence-corrected chi connectivity index (χ2v) is 7.06. The molecule has 0 saturated carbocycles. The molecule has 1 atom stereocenters. The van der Waals surface area contributed by atoms with Crippen LogP contribution in [0.3, 0.4) is 0 Å². The number of halogens is 2. The highest BCUT2D eigenvalue weighted by Gasteiger charge is 2.33. The molecule has 0 aliphatic carbocycles. The van der Waals surface area contributed by atoms with Gasteiger partial charge in [-0.2, -0.15) is 0 Å². The van der Waals surface area contributed by atoms with E-state index in [1.54, 1.807) is 13.0 Å². The molecule has 2 aromatic rings. The third-order valence-electron chi connectivity index (χ3n) is 4.21. The van der Waals surface area contributed by atoms with Gasteiger partial charge >= 0.3 is 0 Å². The summed E-state index contributed by atoms with van der Waals surface area (Å²) in [7, 11) is 0. The summed E-state index contributed by atoms with van der Waals surface area (Å²) in [5.41, 5.74) is 1.91. The molecule has 0 bridgehead atoms. The first-order valence-electron chi connectivity index (χ1n) is 8.42. The van der Waals surface area contributed by atoms with Gasteiger partial charge in [0.25, 0.3) is 6.43 Å². The number of ether oxygens (including phenoxy) is 1. The molecule has 1 aliphatic heterocycles. The van der Waals surface area contributed by atoms with E-state index in [1.807, 2.05) is 31.2 Å². The van der Waals surface area contributed by atoms with Crippen molar-refractivity contribution in [2.75, 3.05) is 0 Å². The second-order valence-electron chi connectivity index (χ2n) is 7.06. The number of rotatable bonds is 4. The van der Waals surface area contributed by atoms with Gasteiger partial charge in [-0.25, -0.2) is 13.8 Å². The lowest BCUT2D eigenvalue weighted by molar-refractivity contribution is 0.0712. The molecule has 5 heteroatoms. The van der Waals surface area contributed by atoms with E-state index < -0.39 is 12.2 Å². The molecule has 3 nitrogen and oxygen atoms in total. The van der Waals surface area contributed by atoms with Crippen LogP contribution in [0.25, 0.3) is 0 Å². The van der Waals surface area contributed by atoms with Crippen molar-refractivity contribution in [3.05, 3.63) is 58.9 Å². The van der Waals surface area contributed by atoms with Crippen LogP contribution in [0.2, 0.25) is 0 Å². The molecule has 3 rings (SSSR count). The molecule has 0 radical (unpaired) electrons. The van der Waals surface area contributed by atoms with Gasteiger partial charge in [0.15, 0.2) is 5.72 Å². The maximum absolute atomic E-state index is 13.0. The molecular weight excluding hydrogens is 322 g/mol. The zero-order valence-electron chi connectivity index (χ0n) is 14.9. The van der Waals surface area contributed by atoms with Gasteiger partial charge in [0.1, 0.15) is 11.4 Å². The van der Waals surface area contributed by atoms with Crippen LogP contribution >= 0.6 is 0 Å². The van der Waals surface area contributed by atoms with Crippen molar-refractivity contribution in [1.82, 2.24) is 4.98 Å². The van der Waals surface area contributed by atoms with Crippen molar-refractivity contribution in [3.63, 3.8) is 0 Å². The van der Waals surface area contributed by atoms with Crippen molar-refractivity contribution in [3.8, 4) is 5.75 Å². The number of aromatic nitrogens is 1. The molecule has 0 spiro atoms. The molecule has 0 N–H and O–H groups in total. The van der Waals surface area contributed by atoms with Crippen LogP contribution in [-0.2, 0) is 0 Å². The maximum Gasteiger partial charge on any atom is 0.280 e. The standard InChI is InChI=1S/C20H22F2N2O/c1-12(2)10-20(4)24-18(15-7-5-6-8-16(15)25-20)14-9-13(3)17(19(21)22)23-11-14/h5-9,11-12,19H,10H2,1-4H3. The number of para-hydroxylation sites is 1. The largest absolute Gasteiger partial charge is 0.466 e. The Bertz CT molecular complexity index is 817. The van der Waals surface area contributed by atoms with E-state index in [9.17, 15) is 8.78 Å². The lowest BCUT2D eigenvalue weighted by Crippen LogP contribution is -2.37. The van der Waals surface area contributed by atoms with Crippen molar-refractivity contribution < 1.29 is 13.5 Å². The summed E-state index contributed by atoms with van der Waals surface area (Å²) in [4.78, 5) is 8.81. The minimum Gasteiger partial charge on any atom is -0.466 e. The number of pyridine rings is 1. The monoisotopic (exact) mass is 344 g/mol. The quantitative estimate of drug-likeness (QED) is 0.752. The number of hydrogen-bond donors (Lipinski definition) is 0. The first kappa shape index (κ1) is 17.5. The number of aryl methyl sites for hydroxylation is 1. The summed E-state index contributed by atoms with van der Waals surface area (Å²) in [6, 6.07) is 9.40. The van der Waals surface area contributed by atoms with Crippen LogP contribution in [0.1, 0.15) is 56.0 Å². The topological polar surface area (TPSA) is 34.5 Å². The Morgan fingerprint density at radius 1 is 1.20 bits per heavy atom. The van der Waals surface area contributed by atoms with Crippen LogP contribution in [0.15, 0.2) is 41.5 Å². The molecule has 0 fully saturated rings. The molecule has 25 heavy (non-hydrogen) atoms. The van der Waals surface area contributed by atoms with Gasteiger partial charge in [-0.3, -0.25) is 4.98 Å². The summed E-state index contributed by atoms with van der Waals surface area (Å²) in [6.45, 7) is 7.84. The predicted molar refractivity (Wildman–Crippen MR) is 94.5 cm³/mol. The number of benzene rings is 1. The Labute approximate surface area is 146 Å². The number of hydrogen-bond acceptors (Lipinski definition) is 3. The minimum absolute atomic E-state index is 0.186. The zero-order chi connectivity index (χ0) is 18.2. The molecule has 1 unspecified atom stereocenters. The lowest BCUT2D eigenvalue weighted by Gasteiger charge is -2.34. The van der Waals surface area contributed by atoms with E-state index in [2.05, 4.69) is 18.8 Å². The summed E-state index contributed by atoms with van der Waals surface area (Å²) < 4.78 is 32.1. The fourth-order valence-electron chi connectivity index (χ4n) is 3.32. The smallest absolute Gasteiger partial charge is 0.280 e. The normalized spacial score (nSPS) is 19.6. The maximum atomic E-state index is 13.0. The summed E-state index contributed by atoms with van der Waals surface area (Å²) in [5.74, 6) is 1.16. The van der Waals surface area contributed by atoms with Gasteiger partial charge in [-0.05, 0) is 43.5 Å².